The monoisotopic (exact) mass is 236 g/mol. The summed E-state index contributed by atoms with van der Waals surface area (Å²) >= 11 is 0. The first-order valence-corrected chi connectivity index (χ1v) is 5.29. The fraction of sp³-hybridized carbons (Fsp3) is 0.333. The molecule has 0 aliphatic carbocycles. The van der Waals surface area contributed by atoms with Crippen molar-refractivity contribution in [1.29, 1.82) is 0 Å². The third-order valence-corrected chi connectivity index (χ3v) is 2.19. The number of carboxylic acids is 1. The number of nitrogens with two attached hydrogens (primary N) is 1. The van der Waals surface area contributed by atoms with Gasteiger partial charge in [-0.15, -0.1) is 0 Å². The first-order valence-electron chi connectivity index (χ1n) is 5.29. The number of carboxylic acid groups (broad SMARTS) is 1. The van der Waals surface area contributed by atoms with Gasteiger partial charge >= 0.3 is 5.97 Å². The van der Waals surface area contributed by atoms with Crippen LogP contribution in [0.25, 0.3) is 0 Å². The molecule has 0 fully saturated rings. The zero-order chi connectivity index (χ0) is 13.0. The third kappa shape index (κ3) is 3.88. The SMILES string of the molecule is Cc1ccc(NC(=O)CC(C)N)c(C(=O)O)c1. The summed E-state index contributed by atoms with van der Waals surface area (Å²) in [6.07, 6.45) is 0.160. The van der Waals surface area contributed by atoms with Crippen LogP contribution in [0.1, 0.15) is 29.3 Å². The summed E-state index contributed by atoms with van der Waals surface area (Å²) in [5, 5.41) is 11.6. The highest BCUT2D eigenvalue weighted by atomic mass is 16.4. The highest BCUT2D eigenvalue weighted by molar-refractivity contribution is 6.00. The normalized spacial score (nSPS) is 11.9. The molecular weight excluding hydrogens is 220 g/mol. The van der Waals surface area contributed by atoms with Gasteiger partial charge in [0.25, 0.3) is 0 Å². The van der Waals surface area contributed by atoms with Gasteiger partial charge in [0.2, 0.25) is 5.91 Å². The van der Waals surface area contributed by atoms with E-state index in [1.807, 2.05) is 0 Å². The molecule has 1 aromatic carbocycles. The maximum Gasteiger partial charge on any atom is 0.337 e. The summed E-state index contributed by atoms with van der Waals surface area (Å²) in [6.45, 7) is 3.51. The standard InChI is InChI=1S/C12H16N2O3/c1-7-3-4-10(9(5-7)12(16)17)14-11(15)6-8(2)13/h3-5,8H,6,13H2,1-2H3,(H,14,15)(H,16,17). The Morgan fingerprint density at radius 1 is 1.47 bits per heavy atom. The molecule has 0 aliphatic heterocycles. The van der Waals surface area contributed by atoms with Crippen molar-refractivity contribution in [3.8, 4) is 0 Å². The summed E-state index contributed by atoms with van der Waals surface area (Å²) in [5.74, 6) is -1.35. The average molecular weight is 236 g/mol. The maximum atomic E-state index is 11.5. The number of amides is 1. The number of aromatic carboxylic acids is 1. The molecule has 1 unspecified atom stereocenters. The second-order valence-electron chi connectivity index (χ2n) is 4.08. The van der Waals surface area contributed by atoms with Gasteiger partial charge < -0.3 is 16.2 Å². The molecular formula is C12H16N2O3. The molecule has 1 aromatic rings. The first kappa shape index (κ1) is 13.2. The van der Waals surface area contributed by atoms with E-state index in [2.05, 4.69) is 5.32 Å². The number of aryl methyl sites for hydroxylation is 1. The van der Waals surface area contributed by atoms with Gasteiger partial charge in [-0.3, -0.25) is 4.79 Å². The largest absolute Gasteiger partial charge is 0.478 e. The van der Waals surface area contributed by atoms with Gasteiger partial charge in [-0.05, 0) is 26.0 Å². The zero-order valence-electron chi connectivity index (χ0n) is 9.86. The van der Waals surface area contributed by atoms with Gasteiger partial charge in [0.1, 0.15) is 0 Å². The van der Waals surface area contributed by atoms with Crippen LogP contribution in [0.3, 0.4) is 0 Å². The average Bonchev–Trinajstić information content (AvgIpc) is 2.19. The van der Waals surface area contributed by atoms with Crippen molar-refractivity contribution in [3.63, 3.8) is 0 Å². The Bertz CT molecular complexity index is 441. The second-order valence-corrected chi connectivity index (χ2v) is 4.08. The molecule has 4 N–H and O–H groups in total. The zero-order valence-corrected chi connectivity index (χ0v) is 9.86. The van der Waals surface area contributed by atoms with Crippen LogP contribution in [-0.2, 0) is 4.79 Å². The summed E-state index contributed by atoms with van der Waals surface area (Å²) in [4.78, 5) is 22.5. The molecule has 0 saturated heterocycles. The van der Waals surface area contributed by atoms with Crippen molar-refractivity contribution in [2.75, 3.05) is 5.32 Å². The van der Waals surface area contributed by atoms with Crippen molar-refractivity contribution in [1.82, 2.24) is 0 Å². The number of anilines is 1. The van der Waals surface area contributed by atoms with Gasteiger partial charge in [-0.1, -0.05) is 11.6 Å². The van der Waals surface area contributed by atoms with Crippen LogP contribution in [0.5, 0.6) is 0 Å². The Hall–Kier alpha value is -1.88. The third-order valence-electron chi connectivity index (χ3n) is 2.19. The van der Waals surface area contributed by atoms with Crippen molar-refractivity contribution >= 4 is 17.6 Å². The summed E-state index contributed by atoms with van der Waals surface area (Å²) in [6, 6.07) is 4.59. The Kier molecular flexibility index (Phi) is 4.23. The molecule has 1 rings (SSSR count). The molecule has 17 heavy (non-hydrogen) atoms. The van der Waals surface area contributed by atoms with Gasteiger partial charge in [0.05, 0.1) is 11.3 Å². The van der Waals surface area contributed by atoms with Crippen molar-refractivity contribution in [2.45, 2.75) is 26.3 Å². The van der Waals surface area contributed by atoms with E-state index in [9.17, 15) is 9.59 Å². The van der Waals surface area contributed by atoms with E-state index in [0.717, 1.165) is 5.56 Å². The lowest BCUT2D eigenvalue weighted by molar-refractivity contribution is -0.116. The summed E-state index contributed by atoms with van der Waals surface area (Å²) < 4.78 is 0. The number of carbonyl (C=O) groups excluding carboxylic acids is 1. The first-order chi connectivity index (χ1) is 7.90. The van der Waals surface area contributed by atoms with Gasteiger partial charge in [0, 0.05) is 12.5 Å². The molecule has 0 spiro atoms. The number of benzene rings is 1. The van der Waals surface area contributed by atoms with Gasteiger partial charge in [-0.25, -0.2) is 4.79 Å². The Morgan fingerprint density at radius 3 is 2.65 bits per heavy atom. The van der Waals surface area contributed by atoms with Crippen LogP contribution < -0.4 is 11.1 Å². The van der Waals surface area contributed by atoms with Crippen LogP contribution >= 0.6 is 0 Å². The minimum absolute atomic E-state index is 0.0861. The van der Waals surface area contributed by atoms with Gasteiger partial charge in [0.15, 0.2) is 0 Å². The topological polar surface area (TPSA) is 92.4 Å². The van der Waals surface area contributed by atoms with Crippen LogP contribution in [0, 0.1) is 6.92 Å². The minimum atomic E-state index is -1.07. The van der Waals surface area contributed by atoms with Crippen LogP contribution in [0.2, 0.25) is 0 Å². The molecule has 0 radical (unpaired) electrons. The fourth-order valence-electron chi connectivity index (χ4n) is 1.44. The number of hydrogen-bond donors (Lipinski definition) is 3. The highest BCUT2D eigenvalue weighted by Gasteiger charge is 2.13. The van der Waals surface area contributed by atoms with E-state index in [1.165, 1.54) is 6.07 Å². The van der Waals surface area contributed by atoms with Crippen LogP contribution in [-0.4, -0.2) is 23.0 Å². The number of hydrogen-bond acceptors (Lipinski definition) is 3. The predicted octanol–water partition coefficient (Wildman–Crippen LogP) is 1.37. The molecule has 5 heteroatoms. The molecule has 0 aromatic heterocycles. The van der Waals surface area contributed by atoms with Crippen LogP contribution in [0.15, 0.2) is 18.2 Å². The lowest BCUT2D eigenvalue weighted by atomic mass is 10.1. The van der Waals surface area contributed by atoms with E-state index < -0.39 is 5.97 Å². The Labute approximate surface area is 99.6 Å². The molecule has 5 nitrogen and oxygen atoms in total. The maximum absolute atomic E-state index is 11.5. The number of nitrogens with one attached hydrogen (secondary N) is 1. The molecule has 92 valence electrons. The number of carbonyl (C=O) groups is 2. The number of rotatable bonds is 4. The molecule has 0 aliphatic rings. The molecule has 0 saturated carbocycles. The van der Waals surface area contributed by atoms with E-state index in [-0.39, 0.29) is 23.9 Å². The Morgan fingerprint density at radius 2 is 2.12 bits per heavy atom. The molecule has 0 bridgehead atoms. The summed E-state index contributed by atoms with van der Waals surface area (Å²) in [7, 11) is 0. The highest BCUT2D eigenvalue weighted by Crippen LogP contribution is 2.17. The lowest BCUT2D eigenvalue weighted by Gasteiger charge is -2.10. The second kappa shape index (κ2) is 5.45. The smallest absolute Gasteiger partial charge is 0.337 e. The van der Waals surface area contributed by atoms with E-state index >= 15 is 0 Å². The van der Waals surface area contributed by atoms with E-state index in [1.54, 1.807) is 26.0 Å². The van der Waals surface area contributed by atoms with Crippen molar-refractivity contribution in [3.05, 3.63) is 29.3 Å². The quantitative estimate of drug-likeness (QED) is 0.736. The fourth-order valence-corrected chi connectivity index (χ4v) is 1.44. The van der Waals surface area contributed by atoms with E-state index in [4.69, 9.17) is 10.8 Å². The van der Waals surface area contributed by atoms with Crippen molar-refractivity contribution < 1.29 is 14.7 Å². The van der Waals surface area contributed by atoms with E-state index in [0.29, 0.717) is 5.69 Å². The van der Waals surface area contributed by atoms with Crippen molar-refractivity contribution in [2.24, 2.45) is 5.73 Å². The lowest BCUT2D eigenvalue weighted by Crippen LogP contribution is -2.24. The minimum Gasteiger partial charge on any atom is -0.478 e. The van der Waals surface area contributed by atoms with Gasteiger partial charge in [-0.2, -0.15) is 0 Å². The molecule has 0 heterocycles. The Balaban J connectivity index is 2.91. The summed E-state index contributed by atoms with van der Waals surface area (Å²) in [5.41, 5.74) is 6.70. The predicted molar refractivity (Wildman–Crippen MR) is 65.0 cm³/mol. The molecule has 1 amide bonds. The van der Waals surface area contributed by atoms with Crippen LogP contribution in [0.4, 0.5) is 5.69 Å². The molecule has 1 atom stereocenters.